The van der Waals surface area contributed by atoms with Crippen LogP contribution in [0.5, 0.6) is 17.2 Å². The van der Waals surface area contributed by atoms with Gasteiger partial charge < -0.3 is 69.2 Å². The van der Waals surface area contributed by atoms with Gasteiger partial charge in [-0.1, -0.05) is 205 Å². The van der Waals surface area contributed by atoms with Gasteiger partial charge in [-0.25, -0.2) is 41.5 Å². The topological polar surface area (TPSA) is 360 Å². The molecule has 0 saturated heterocycles. The number of pyridine rings is 2. The quantitative estimate of drug-likeness (QED) is 0.0210. The van der Waals surface area contributed by atoms with Crippen molar-refractivity contribution in [2.75, 3.05) is 0 Å². The first-order chi connectivity index (χ1) is 70.3. The number of hydrogen-bond donors (Lipinski definition) is 11. The molecule has 707 valence electrons. The van der Waals surface area contributed by atoms with Gasteiger partial charge in [-0.15, -0.1) is 9.13 Å². The van der Waals surface area contributed by atoms with Crippen LogP contribution in [-0.4, -0.2) is 145 Å². The molecule has 0 unspecified atom stereocenters. The van der Waals surface area contributed by atoms with Crippen LogP contribution in [0.1, 0.15) is 61.2 Å². The Morgan fingerprint density at radius 2 is 0.646 bits per heavy atom. The summed E-state index contributed by atoms with van der Waals surface area (Å²) in [6.07, 6.45) is 42.0. The van der Waals surface area contributed by atoms with Gasteiger partial charge in [-0.3, -0.25) is 0 Å². The molecule has 0 fully saturated rings. The molecule has 20 rings (SSSR count). The van der Waals surface area contributed by atoms with Crippen molar-refractivity contribution in [2.45, 2.75) is 73.1 Å². The molecule has 10 heterocycles. The largest absolute Gasteiger partial charge is 0.569 e. The second-order valence-corrected chi connectivity index (χ2v) is 34.2. The number of imidazole rings is 4. The minimum Gasteiger partial charge on any atom is -0.537 e. The third kappa shape index (κ3) is 24.4. The highest BCUT2D eigenvalue weighted by Gasteiger charge is 2.32. The summed E-state index contributed by atoms with van der Waals surface area (Å²) in [6.45, 7) is 11.0. The summed E-state index contributed by atoms with van der Waals surface area (Å²) >= 11 is 0. The van der Waals surface area contributed by atoms with Crippen LogP contribution < -0.4 is 81.5 Å². The molecule has 0 saturated carbocycles. The summed E-state index contributed by atoms with van der Waals surface area (Å²) in [5.74, 6) is 1.82. The smallest absolute Gasteiger partial charge is 0.537 e. The molecular formula is C105H102B7N18O14+10. The highest BCUT2D eigenvalue weighted by Crippen LogP contribution is 2.24. The molecule has 11 N–H and O–H groups in total. The molecule has 20 aromatic rings. The number of benzene rings is 10. The summed E-state index contributed by atoms with van der Waals surface area (Å²) in [7, 11) is -4.14. The number of aryl methyl sites for hydroxylation is 3. The molecule has 0 spiro atoms. The van der Waals surface area contributed by atoms with Crippen molar-refractivity contribution in [3.63, 3.8) is 0 Å². The van der Waals surface area contributed by atoms with Crippen LogP contribution >= 0.6 is 0 Å². The zero-order valence-electron chi connectivity index (χ0n) is 79.0. The van der Waals surface area contributed by atoms with Gasteiger partial charge in [0.2, 0.25) is 23.6 Å². The van der Waals surface area contributed by atoms with E-state index in [0.717, 1.165) is 79.4 Å². The second kappa shape index (κ2) is 47.2. The van der Waals surface area contributed by atoms with Crippen molar-refractivity contribution in [3.05, 3.63) is 465 Å². The van der Waals surface area contributed by atoms with Crippen molar-refractivity contribution in [1.29, 1.82) is 0 Å². The van der Waals surface area contributed by atoms with E-state index in [1.165, 1.54) is 33.4 Å². The van der Waals surface area contributed by atoms with Gasteiger partial charge in [-0.05, 0) is 113 Å². The second-order valence-electron chi connectivity index (χ2n) is 34.2. The molecule has 32 nitrogen and oxygen atoms in total. The summed E-state index contributed by atoms with van der Waals surface area (Å²) in [6, 6.07) is 84.7. The maximum absolute atomic E-state index is 9.87. The van der Waals surface area contributed by atoms with Gasteiger partial charge in [0.05, 0.1) is 17.3 Å². The van der Waals surface area contributed by atoms with E-state index in [4.69, 9.17) is 29.0 Å². The molecule has 10 aromatic heterocycles. The molecule has 0 atom stereocenters. The fraction of sp³-hybridized carbons (Fsp3) is 0.105. The van der Waals surface area contributed by atoms with E-state index in [9.17, 15) is 45.2 Å². The highest BCUT2D eigenvalue weighted by molar-refractivity contribution is 6.60. The zero-order valence-corrected chi connectivity index (χ0v) is 79.0. The van der Waals surface area contributed by atoms with E-state index in [1.807, 2.05) is 254 Å². The minimum absolute atomic E-state index is 0.403. The van der Waals surface area contributed by atoms with Crippen molar-refractivity contribution >= 4 is 95.7 Å². The molecule has 0 aliphatic carbocycles. The maximum atomic E-state index is 9.87. The number of aromatic nitrogens is 18. The lowest BCUT2D eigenvalue weighted by Crippen LogP contribution is -2.49. The first-order valence-electron chi connectivity index (χ1n) is 46.3. The first kappa shape index (κ1) is 99.2. The van der Waals surface area contributed by atoms with E-state index in [-0.39, 0.29) is 0 Å². The number of rotatable bonds is 32. The predicted octanol–water partition coefficient (Wildman–Crippen LogP) is 1.40. The summed E-state index contributed by atoms with van der Waals surface area (Å²) < 4.78 is 43.9. The Morgan fingerprint density at radius 3 is 1.09 bits per heavy atom. The SMILES string of the molecule is Cc1ccccc1C[n+]1cc(-n2cc[n+](-c3ccccc3B(O)O)c2)c[n+](Cc2ccccc2B(O)O)c1.Cc1ccccc1C[n+]1cn(-c2cc[n+](Cc3ccccc3O[B]O)cc2)c2nc[n+](Cc3ccccc3O[B]O)cc21.Cc1ccccc1C[n+]1cn(-c2cc[n+](Cc3ccccc3O[B]O)cc2)c2ncncc21.OB(O)c1ccccc1C[n+]1cncc(-n2cc[n+](-c3ccccc3B(O)O)c2)c1. The fourth-order valence-corrected chi connectivity index (χ4v) is 17.2. The average molecular weight is 1920 g/mol. The Kier molecular flexibility index (Phi) is 32.5. The molecule has 39 heteroatoms. The molecule has 0 amide bonds. The predicted molar refractivity (Wildman–Crippen MR) is 538 cm³/mol. The molecule has 0 aliphatic heterocycles. The van der Waals surface area contributed by atoms with Gasteiger partial charge >= 0.3 is 63.5 Å². The van der Waals surface area contributed by atoms with E-state index < -0.39 is 28.5 Å². The Morgan fingerprint density at radius 1 is 0.299 bits per heavy atom. The highest BCUT2D eigenvalue weighted by atomic mass is 16.5. The third-order valence-corrected chi connectivity index (χ3v) is 24.6. The number of fused-ring (bicyclic) bond motifs is 2. The molecule has 3 radical (unpaired) electrons. The van der Waals surface area contributed by atoms with Crippen LogP contribution in [0.3, 0.4) is 0 Å². The monoisotopic (exact) mass is 1920 g/mol. The molecule has 10 aromatic carbocycles. The molecule has 144 heavy (non-hydrogen) atoms. The first-order valence-corrected chi connectivity index (χ1v) is 46.3. The summed E-state index contributed by atoms with van der Waals surface area (Å²) in [4.78, 5) is 18.0. The summed E-state index contributed by atoms with van der Waals surface area (Å²) in [5.41, 5.74) is 22.1. The van der Waals surface area contributed by atoms with E-state index in [2.05, 4.69) is 171 Å². The van der Waals surface area contributed by atoms with Crippen molar-refractivity contribution in [2.24, 2.45) is 0 Å². The number of para-hydroxylation sites is 5. The van der Waals surface area contributed by atoms with Gasteiger partial charge in [0.25, 0.3) is 54.8 Å². The Balaban J connectivity index is 0.000000133. The standard InChI is InChI=1S/C32H30B2N5O4.C28H29B2N4O4.C25H23BN5O2.C20H20B2N4O4/c1-24-8-2-3-9-25(24)20-38-23-39(28-14-16-36(17-15-28)18-26-10-4-6-12-30(26)42-33-40)32-29(38)21-37(22-35-32)19-27-11-5-7-13-31(27)43-34-41;1-22-8-2-3-9-23(22)16-31-18-25(19-32(20-31)17-24-10-4-5-11-26(24)29(35)36)33-14-15-34(21-33)28-13-7-6-12-27(28)30(37)38;1-19-6-2-3-7-20(19)16-30-18-31(25-23(30)14-27-17-28-25)22-10-12-29(13-11-22)15-21-8-4-5-9-24(21)33-26-32;27-21(28)18-6-2-1-5-16(18)12-24-13-17(11-23-14-24)25-9-10-26(15-25)20-8-4-3-7-19(20)22(29)30/h2-17,21-23,40-41H,18-20H2,1H3;2-15,18-21,35-38H,16-17H2,1H3;2-14,17-18,32H,15-16H2,1H3;1-11,13-15,27-30H,12H2/q2*+3;2*+2. The van der Waals surface area contributed by atoms with E-state index in [0.29, 0.717) is 119 Å². The number of nitrogens with zero attached hydrogens (tertiary/aromatic N) is 18. The van der Waals surface area contributed by atoms with Crippen LogP contribution in [0, 0.1) is 20.8 Å². The van der Waals surface area contributed by atoms with Gasteiger partial charge in [0, 0.05) is 51.9 Å². The lowest BCUT2D eigenvalue weighted by molar-refractivity contribution is -0.819. The molecule has 0 aliphatic rings. The lowest BCUT2D eigenvalue weighted by atomic mass is 9.77. The number of hydrogen-bond acceptors (Lipinski definition) is 18. The average Bonchev–Trinajstić information content (AvgIpc) is 1.60. The van der Waals surface area contributed by atoms with Gasteiger partial charge in [0.1, 0.15) is 110 Å². The third-order valence-electron chi connectivity index (χ3n) is 24.6. The van der Waals surface area contributed by atoms with Crippen LogP contribution in [0.2, 0.25) is 0 Å². The van der Waals surface area contributed by atoms with Crippen LogP contribution in [-0.2, 0) is 52.4 Å². The van der Waals surface area contributed by atoms with Gasteiger partial charge in [0.15, 0.2) is 57.2 Å². The van der Waals surface area contributed by atoms with Crippen molar-refractivity contribution in [3.8, 4) is 51.4 Å². The minimum atomic E-state index is -1.58. The van der Waals surface area contributed by atoms with E-state index in [1.54, 1.807) is 78.0 Å². The van der Waals surface area contributed by atoms with Crippen LogP contribution in [0.15, 0.2) is 404 Å². The molecule has 0 bridgehead atoms. The fourth-order valence-electron chi connectivity index (χ4n) is 17.2. The van der Waals surface area contributed by atoms with Crippen molar-refractivity contribution in [1.82, 2.24) is 38.2 Å². The van der Waals surface area contributed by atoms with Crippen LogP contribution in [0.4, 0.5) is 0 Å². The van der Waals surface area contributed by atoms with Gasteiger partial charge in [-0.2, -0.15) is 23.3 Å². The Bertz CT molecular complexity index is 7800. The Labute approximate surface area is 833 Å². The van der Waals surface area contributed by atoms with Crippen LogP contribution in [0.25, 0.3) is 56.5 Å². The lowest BCUT2D eigenvalue weighted by Gasteiger charge is -2.07. The normalized spacial score (nSPS) is 10.9. The zero-order chi connectivity index (χ0) is 100.0. The molecular weight excluding hydrogens is 1810 g/mol. The maximum Gasteiger partial charge on any atom is 0.569 e. The summed E-state index contributed by atoms with van der Waals surface area (Å²) in [5, 5.41) is 105. The Hall–Kier alpha value is -16.4. The van der Waals surface area contributed by atoms with Crippen molar-refractivity contribution < 1.29 is 115 Å². The van der Waals surface area contributed by atoms with E-state index >= 15 is 0 Å².